The highest BCUT2D eigenvalue weighted by atomic mass is 127. The fourth-order valence-electron chi connectivity index (χ4n) is 2.71. The van der Waals surface area contributed by atoms with Gasteiger partial charge in [0.1, 0.15) is 23.8 Å². The van der Waals surface area contributed by atoms with Gasteiger partial charge in [0, 0.05) is 16.8 Å². The SMILES string of the molecule is CC1C[C@H](CI)C[N+]1(C(=O)OC(C)(C)C)C(=O)OC(C)(C)C. The molecule has 0 aromatic rings. The number of alkyl halides is 1. The van der Waals surface area contributed by atoms with Crippen molar-refractivity contribution in [3.8, 4) is 0 Å². The molecule has 0 spiro atoms. The molecule has 1 aliphatic rings. The molecule has 128 valence electrons. The van der Waals surface area contributed by atoms with E-state index in [4.69, 9.17) is 9.47 Å². The normalized spacial score (nSPS) is 24.9. The summed E-state index contributed by atoms with van der Waals surface area (Å²) in [6.07, 6.45) is -0.176. The fraction of sp³-hybridized carbons (Fsp3) is 0.875. The number of quaternary nitrogens is 1. The molecule has 0 N–H and O–H groups in total. The second-order valence-electron chi connectivity index (χ2n) is 8.12. The number of carbonyl (C=O) groups is 2. The molecular formula is C16H29INO4+. The molecular weight excluding hydrogens is 397 g/mol. The number of nitrogens with zero attached hydrogens (tertiary/aromatic N) is 1. The van der Waals surface area contributed by atoms with Crippen molar-refractivity contribution in [2.75, 3.05) is 11.0 Å². The lowest BCUT2D eigenvalue weighted by atomic mass is 10.1. The number of halogens is 1. The number of hydrogen-bond acceptors (Lipinski definition) is 4. The molecule has 5 nitrogen and oxygen atoms in total. The van der Waals surface area contributed by atoms with Crippen molar-refractivity contribution in [2.45, 2.75) is 72.1 Å². The summed E-state index contributed by atoms with van der Waals surface area (Å²) in [6, 6.07) is -0.135. The monoisotopic (exact) mass is 426 g/mol. The van der Waals surface area contributed by atoms with Crippen molar-refractivity contribution in [2.24, 2.45) is 5.92 Å². The Hall–Kier alpha value is -0.370. The minimum absolute atomic E-state index is 0.135. The van der Waals surface area contributed by atoms with Gasteiger partial charge in [-0.05, 0) is 48.5 Å². The van der Waals surface area contributed by atoms with Gasteiger partial charge >= 0.3 is 12.2 Å². The average molecular weight is 426 g/mol. The summed E-state index contributed by atoms with van der Waals surface area (Å²) in [4.78, 5) is 25.7. The van der Waals surface area contributed by atoms with E-state index >= 15 is 0 Å². The molecule has 0 aliphatic carbocycles. The van der Waals surface area contributed by atoms with Gasteiger partial charge < -0.3 is 9.47 Å². The number of ether oxygens (including phenoxy) is 2. The van der Waals surface area contributed by atoms with E-state index in [0.717, 1.165) is 10.8 Å². The highest BCUT2D eigenvalue weighted by molar-refractivity contribution is 14.1. The number of carbonyl (C=O) groups excluding carboxylic acids is 2. The van der Waals surface area contributed by atoms with E-state index in [1.165, 1.54) is 0 Å². The number of hydrogen-bond donors (Lipinski definition) is 0. The summed E-state index contributed by atoms with van der Waals surface area (Å²) in [7, 11) is 0. The largest absolute Gasteiger partial charge is 0.527 e. The third-order valence-corrected chi connectivity index (χ3v) is 4.88. The van der Waals surface area contributed by atoms with Crippen LogP contribution in [0.4, 0.5) is 9.59 Å². The lowest BCUT2D eigenvalue weighted by Gasteiger charge is -2.34. The number of rotatable bonds is 1. The fourth-order valence-corrected chi connectivity index (χ4v) is 3.34. The second kappa shape index (κ2) is 6.63. The Morgan fingerprint density at radius 1 is 1.05 bits per heavy atom. The Labute approximate surface area is 147 Å². The molecule has 2 amide bonds. The van der Waals surface area contributed by atoms with Crippen LogP contribution in [0, 0.1) is 5.92 Å². The number of imide groups is 1. The van der Waals surface area contributed by atoms with Gasteiger partial charge in [0.25, 0.3) is 0 Å². The summed E-state index contributed by atoms with van der Waals surface area (Å²) in [6.45, 7) is 13.3. The Kier molecular flexibility index (Phi) is 5.93. The molecule has 1 saturated heterocycles. The molecule has 0 saturated carbocycles. The first-order chi connectivity index (χ1) is 9.82. The van der Waals surface area contributed by atoms with Gasteiger partial charge in [0.05, 0.1) is 0 Å². The van der Waals surface area contributed by atoms with Crippen LogP contribution in [-0.4, -0.2) is 44.9 Å². The van der Waals surface area contributed by atoms with Crippen molar-refractivity contribution in [1.29, 1.82) is 0 Å². The predicted octanol–water partition coefficient (Wildman–Crippen LogP) is 4.52. The van der Waals surface area contributed by atoms with Crippen molar-refractivity contribution < 1.29 is 23.5 Å². The highest BCUT2D eigenvalue weighted by Crippen LogP contribution is 2.36. The zero-order chi connectivity index (χ0) is 17.3. The van der Waals surface area contributed by atoms with Crippen LogP contribution in [0.5, 0.6) is 0 Å². The predicted molar refractivity (Wildman–Crippen MR) is 94.1 cm³/mol. The highest BCUT2D eigenvalue weighted by Gasteiger charge is 2.60. The van der Waals surface area contributed by atoms with Gasteiger partial charge in [-0.3, -0.25) is 0 Å². The first-order valence-corrected chi connectivity index (χ1v) is 9.25. The van der Waals surface area contributed by atoms with Crippen molar-refractivity contribution in [1.82, 2.24) is 0 Å². The van der Waals surface area contributed by atoms with E-state index in [-0.39, 0.29) is 10.5 Å². The van der Waals surface area contributed by atoms with Crippen LogP contribution in [0.25, 0.3) is 0 Å². The molecule has 1 rings (SSSR count). The van der Waals surface area contributed by atoms with E-state index in [1.54, 1.807) is 0 Å². The van der Waals surface area contributed by atoms with Gasteiger partial charge in [-0.15, -0.1) is 4.48 Å². The molecule has 1 fully saturated rings. The van der Waals surface area contributed by atoms with E-state index in [0.29, 0.717) is 12.5 Å². The maximum Gasteiger partial charge on any atom is 0.527 e. The van der Waals surface area contributed by atoms with Crippen LogP contribution in [0.15, 0.2) is 0 Å². The second-order valence-corrected chi connectivity index (χ2v) is 9.00. The van der Waals surface area contributed by atoms with Crippen molar-refractivity contribution in [3.63, 3.8) is 0 Å². The zero-order valence-corrected chi connectivity index (χ0v) is 16.9. The van der Waals surface area contributed by atoms with E-state index < -0.39 is 23.4 Å². The van der Waals surface area contributed by atoms with Crippen LogP contribution in [0.3, 0.4) is 0 Å². The molecule has 1 aliphatic heterocycles. The van der Waals surface area contributed by atoms with Crippen LogP contribution in [0.1, 0.15) is 54.9 Å². The number of amides is 2. The van der Waals surface area contributed by atoms with Gasteiger partial charge in [0.15, 0.2) is 0 Å². The Bertz CT molecular complexity index is 408. The van der Waals surface area contributed by atoms with Crippen LogP contribution < -0.4 is 0 Å². The van der Waals surface area contributed by atoms with Gasteiger partial charge in [-0.25, -0.2) is 0 Å². The van der Waals surface area contributed by atoms with Crippen molar-refractivity contribution >= 4 is 34.8 Å². The standard InChI is InChI=1S/C16H29INO4/c1-11-8-12(9-17)10-18(11,13(19)21-15(2,3)4)14(20)22-16(5,6)7/h11-12H,8-10H2,1-7H3/q+1/t11?,12-/m1/s1. The topological polar surface area (TPSA) is 52.6 Å². The van der Waals surface area contributed by atoms with Gasteiger partial charge in [0.2, 0.25) is 0 Å². The van der Waals surface area contributed by atoms with Crippen LogP contribution in [-0.2, 0) is 9.47 Å². The van der Waals surface area contributed by atoms with Gasteiger partial charge in [-0.1, -0.05) is 22.6 Å². The van der Waals surface area contributed by atoms with E-state index in [1.807, 2.05) is 48.5 Å². The smallest absolute Gasteiger partial charge is 0.414 e. The Balaban J connectivity index is 3.16. The molecule has 0 radical (unpaired) electrons. The summed E-state index contributed by atoms with van der Waals surface area (Å²) in [5.41, 5.74) is -1.26. The molecule has 2 atom stereocenters. The molecule has 22 heavy (non-hydrogen) atoms. The molecule has 0 bridgehead atoms. The van der Waals surface area contributed by atoms with Gasteiger partial charge in [-0.2, -0.15) is 9.59 Å². The van der Waals surface area contributed by atoms with Crippen molar-refractivity contribution in [3.05, 3.63) is 0 Å². The minimum Gasteiger partial charge on any atom is -0.414 e. The molecule has 0 aromatic carbocycles. The summed E-state index contributed by atoms with van der Waals surface area (Å²) in [5.74, 6) is 0.315. The molecule has 1 heterocycles. The summed E-state index contributed by atoms with van der Waals surface area (Å²) in [5, 5.41) is 0. The number of likely N-dealkylation sites (tertiary alicyclic amines) is 1. The molecule has 6 heteroatoms. The molecule has 0 aromatic heterocycles. The third kappa shape index (κ3) is 4.57. The van der Waals surface area contributed by atoms with E-state index in [9.17, 15) is 9.59 Å². The summed E-state index contributed by atoms with van der Waals surface area (Å²) < 4.78 is 11.7. The summed E-state index contributed by atoms with van der Waals surface area (Å²) >= 11 is 2.31. The third-order valence-electron chi connectivity index (χ3n) is 3.63. The van der Waals surface area contributed by atoms with Crippen LogP contribution >= 0.6 is 22.6 Å². The first kappa shape index (κ1) is 19.7. The molecule has 1 unspecified atom stereocenters. The Morgan fingerprint density at radius 2 is 1.45 bits per heavy atom. The minimum atomic E-state index is -0.632. The lowest BCUT2D eigenvalue weighted by molar-refractivity contribution is -0.799. The maximum atomic E-state index is 12.8. The van der Waals surface area contributed by atoms with E-state index in [2.05, 4.69) is 22.6 Å². The van der Waals surface area contributed by atoms with Crippen LogP contribution in [0.2, 0.25) is 0 Å². The Morgan fingerprint density at radius 3 is 1.73 bits per heavy atom. The quantitative estimate of drug-likeness (QED) is 0.352. The first-order valence-electron chi connectivity index (χ1n) is 7.72. The zero-order valence-electron chi connectivity index (χ0n) is 14.7. The average Bonchev–Trinajstić information content (AvgIpc) is 2.63. The maximum absolute atomic E-state index is 12.8. The lowest BCUT2D eigenvalue weighted by Crippen LogP contribution is -2.61.